The molecule has 1 aromatic heterocycles. The van der Waals surface area contributed by atoms with Gasteiger partial charge in [0.25, 0.3) is 0 Å². The number of ether oxygens (including phenoxy) is 1. The van der Waals surface area contributed by atoms with Gasteiger partial charge in [0.1, 0.15) is 11.2 Å². The maximum atomic E-state index is 14.3. The molecule has 2 aromatic rings. The maximum absolute atomic E-state index is 14.3. The van der Waals surface area contributed by atoms with Gasteiger partial charge < -0.3 is 15.0 Å². The minimum Gasteiger partial charge on any atom is -0.663 e. The third-order valence-electron chi connectivity index (χ3n) is 9.92. The predicted molar refractivity (Wildman–Crippen MR) is 146 cm³/mol. The molecule has 3 fully saturated rings. The van der Waals surface area contributed by atoms with E-state index in [1.165, 1.54) is 0 Å². The summed E-state index contributed by atoms with van der Waals surface area (Å²) in [5, 5.41) is 4.27. The molecular weight excluding hydrogens is 492 g/mol. The van der Waals surface area contributed by atoms with Gasteiger partial charge in [0.2, 0.25) is 17.5 Å². The van der Waals surface area contributed by atoms with Gasteiger partial charge in [-0.05, 0) is 49.5 Å². The Bertz CT molecular complexity index is 1450. The van der Waals surface area contributed by atoms with Crippen LogP contribution in [0.1, 0.15) is 52.5 Å². The molecule has 0 bridgehead atoms. The summed E-state index contributed by atoms with van der Waals surface area (Å²) < 4.78 is 6.33. The number of para-hydroxylation sites is 1. The summed E-state index contributed by atoms with van der Waals surface area (Å²) in [4.78, 5) is 58.5. The molecule has 8 unspecified atom stereocenters. The quantitative estimate of drug-likeness (QED) is 0.275. The van der Waals surface area contributed by atoms with Gasteiger partial charge in [0.15, 0.2) is 0 Å². The Morgan fingerprint density at radius 2 is 1.87 bits per heavy atom. The van der Waals surface area contributed by atoms with E-state index in [2.05, 4.69) is 24.1 Å². The number of nitrogens with zero attached hydrogens (tertiary/aromatic N) is 1. The van der Waals surface area contributed by atoms with Crippen LogP contribution in [0.5, 0.6) is 0 Å². The number of allylic oxidation sites excluding steroid dienone is 3. The van der Waals surface area contributed by atoms with Crippen molar-refractivity contribution in [1.29, 1.82) is 0 Å². The number of rotatable bonds is 2. The van der Waals surface area contributed by atoms with Crippen molar-refractivity contribution < 1.29 is 23.9 Å². The monoisotopic (exact) mass is 527 g/mol. The molecular formula is C32H35N2O5-. The summed E-state index contributed by atoms with van der Waals surface area (Å²) in [6.07, 6.45) is 8.27. The number of epoxide rings is 1. The van der Waals surface area contributed by atoms with E-state index < -0.39 is 28.5 Å². The Hall–Kier alpha value is -3.32. The molecule has 6 rings (SSSR count). The second-order valence-electron chi connectivity index (χ2n) is 12.2. The first kappa shape index (κ1) is 25.9. The van der Waals surface area contributed by atoms with Gasteiger partial charge in [-0.1, -0.05) is 61.9 Å². The van der Waals surface area contributed by atoms with Gasteiger partial charge in [0, 0.05) is 30.7 Å². The van der Waals surface area contributed by atoms with Crippen LogP contribution in [0.3, 0.4) is 0 Å². The van der Waals surface area contributed by atoms with E-state index in [0.29, 0.717) is 18.4 Å². The van der Waals surface area contributed by atoms with Gasteiger partial charge in [-0.3, -0.25) is 19.2 Å². The van der Waals surface area contributed by atoms with Crippen LogP contribution in [0.15, 0.2) is 54.3 Å². The summed E-state index contributed by atoms with van der Waals surface area (Å²) in [5.41, 5.74) is 0.537. The fourth-order valence-electron chi connectivity index (χ4n) is 7.77. The second-order valence-corrected chi connectivity index (χ2v) is 12.2. The molecule has 204 valence electrons. The van der Waals surface area contributed by atoms with Crippen molar-refractivity contribution >= 4 is 34.2 Å². The number of fused-ring (bicyclic) bond motifs is 3. The van der Waals surface area contributed by atoms with Gasteiger partial charge >= 0.3 is 0 Å². The zero-order chi connectivity index (χ0) is 27.7. The number of hydrogen-bond donors (Lipinski definition) is 1. The molecule has 2 aliphatic carbocycles. The number of carbonyl (C=O) groups excluding carboxylic acids is 4. The fourth-order valence-corrected chi connectivity index (χ4v) is 7.77. The van der Waals surface area contributed by atoms with Crippen molar-refractivity contribution in [3.63, 3.8) is 0 Å². The number of ketones is 3. The number of aromatic nitrogens is 1. The highest BCUT2D eigenvalue weighted by Crippen LogP contribution is 2.66. The van der Waals surface area contributed by atoms with Crippen LogP contribution < -0.4 is 10.3 Å². The third-order valence-corrected chi connectivity index (χ3v) is 9.92. The first-order valence-corrected chi connectivity index (χ1v) is 14.0. The highest BCUT2D eigenvalue weighted by molar-refractivity contribution is 6.43. The molecule has 7 heteroatoms. The van der Waals surface area contributed by atoms with E-state index in [1.807, 2.05) is 55.6 Å². The van der Waals surface area contributed by atoms with Crippen LogP contribution in [0.4, 0.5) is 0 Å². The first-order chi connectivity index (χ1) is 18.6. The summed E-state index contributed by atoms with van der Waals surface area (Å²) in [6.45, 7) is 7.81. The Balaban J connectivity index is 1.44. The molecule has 1 spiro atoms. The average molecular weight is 528 g/mol. The molecule has 3 heterocycles. The van der Waals surface area contributed by atoms with Crippen molar-refractivity contribution in [2.45, 2.75) is 71.1 Å². The lowest BCUT2D eigenvalue weighted by Crippen LogP contribution is -2.58. The van der Waals surface area contributed by atoms with Crippen LogP contribution >= 0.6 is 0 Å². The highest BCUT2D eigenvalue weighted by atomic mass is 16.6. The fraction of sp³-hybridized carbons (Fsp3) is 0.500. The standard InChI is InChI=1S/C32H35N2O5/c1-17-8-7-10-22-29-31(4,39-29)19(3)27-24(15-20-16-33-23-11-6-5-9-21(20)23)34-30(38)32(22,27)26(36)13-12-25(35)28(37)18(2)14-17/h5-7,9-11,14,16-17,19,22,24,27,29H,8,12-13,15H2,1-4H3,(H,34,38)/q-1. The van der Waals surface area contributed by atoms with Crippen LogP contribution in [-0.4, -0.2) is 41.0 Å². The summed E-state index contributed by atoms with van der Waals surface area (Å²) in [7, 11) is 0. The van der Waals surface area contributed by atoms with E-state index >= 15 is 0 Å². The van der Waals surface area contributed by atoms with Gasteiger partial charge in [-0.25, -0.2) is 0 Å². The van der Waals surface area contributed by atoms with E-state index in [1.54, 1.807) is 6.92 Å². The molecule has 1 N–H and O–H groups in total. The number of hydrogen-bond acceptors (Lipinski definition) is 5. The Morgan fingerprint density at radius 3 is 2.67 bits per heavy atom. The topological polar surface area (TPSA) is 107 Å². The molecule has 2 aliphatic heterocycles. The van der Waals surface area contributed by atoms with Crippen LogP contribution in [-0.2, 0) is 30.3 Å². The molecule has 0 radical (unpaired) electrons. The summed E-state index contributed by atoms with van der Waals surface area (Å²) >= 11 is 0. The van der Waals surface area contributed by atoms with Crippen molar-refractivity contribution in [3.8, 4) is 0 Å². The smallest absolute Gasteiger partial charge is 0.235 e. The molecule has 2 saturated heterocycles. The zero-order valence-electron chi connectivity index (χ0n) is 22.9. The Morgan fingerprint density at radius 1 is 1.10 bits per heavy atom. The van der Waals surface area contributed by atoms with Gasteiger partial charge in [-0.15, -0.1) is 5.52 Å². The number of nitrogens with one attached hydrogen (secondary N) is 1. The molecule has 1 amide bonds. The number of amides is 1. The lowest BCUT2D eigenvalue weighted by Gasteiger charge is -2.46. The van der Waals surface area contributed by atoms with E-state index in [4.69, 9.17) is 4.74 Å². The molecule has 4 aliphatic rings. The van der Waals surface area contributed by atoms with Crippen LogP contribution in [0.25, 0.3) is 10.9 Å². The number of benzene rings is 1. The average Bonchev–Trinajstić information content (AvgIpc) is 3.31. The molecule has 1 saturated carbocycles. The van der Waals surface area contributed by atoms with Crippen LogP contribution in [0.2, 0.25) is 0 Å². The summed E-state index contributed by atoms with van der Waals surface area (Å²) in [5.74, 6) is -2.53. The van der Waals surface area contributed by atoms with Crippen LogP contribution in [0, 0.1) is 29.1 Å². The van der Waals surface area contributed by atoms with E-state index in [0.717, 1.165) is 16.5 Å². The minimum atomic E-state index is -1.36. The number of carbonyl (C=O) groups is 4. The molecule has 7 nitrogen and oxygen atoms in total. The van der Waals surface area contributed by atoms with Crippen molar-refractivity contribution in [2.24, 2.45) is 29.1 Å². The SMILES string of the molecule is CC1=CC(C)CC=CC2C3OC3(C)C(C)C3C(Cc4c[n-]c5ccccc45)NC(=O)C23C(=O)CCC(=O)C1=O. The van der Waals surface area contributed by atoms with Gasteiger partial charge in [0.05, 0.1) is 11.7 Å². The minimum absolute atomic E-state index is 0.0264. The van der Waals surface area contributed by atoms with Crippen molar-refractivity contribution in [2.75, 3.05) is 0 Å². The largest absolute Gasteiger partial charge is 0.663 e. The Kier molecular flexibility index (Phi) is 6.06. The van der Waals surface area contributed by atoms with Crippen molar-refractivity contribution in [1.82, 2.24) is 10.3 Å². The van der Waals surface area contributed by atoms with E-state index in [9.17, 15) is 19.2 Å². The normalized spacial score (nSPS) is 38.6. The summed E-state index contributed by atoms with van der Waals surface area (Å²) in [6, 6.07) is 7.64. The third kappa shape index (κ3) is 3.80. The highest BCUT2D eigenvalue weighted by Gasteiger charge is 2.78. The predicted octanol–water partition coefficient (Wildman–Crippen LogP) is 3.89. The Labute approximate surface area is 228 Å². The first-order valence-electron chi connectivity index (χ1n) is 14.0. The lowest BCUT2D eigenvalue weighted by atomic mass is 9.51. The van der Waals surface area contributed by atoms with Gasteiger partial charge in [-0.2, -0.15) is 6.20 Å². The molecule has 1 aromatic carbocycles. The zero-order valence-corrected chi connectivity index (χ0v) is 22.9. The van der Waals surface area contributed by atoms with E-state index in [-0.39, 0.29) is 54.4 Å². The second kappa shape index (κ2) is 9.12. The molecule has 8 atom stereocenters. The van der Waals surface area contributed by atoms with Crippen molar-refractivity contribution in [3.05, 3.63) is 59.8 Å². The lowest BCUT2D eigenvalue weighted by molar-refractivity contribution is -0.149. The maximum Gasteiger partial charge on any atom is 0.235 e. The number of Topliss-reactive ketones (excluding diaryl/α,β-unsaturated/α-hetero) is 3. The molecule has 39 heavy (non-hydrogen) atoms.